The van der Waals surface area contributed by atoms with Crippen LogP contribution in [0.1, 0.15) is 50.2 Å². The first-order valence-electron chi connectivity index (χ1n) is 8.98. The van der Waals surface area contributed by atoms with Crippen molar-refractivity contribution in [2.75, 3.05) is 5.32 Å². The number of aromatic nitrogens is 2. The van der Waals surface area contributed by atoms with Crippen molar-refractivity contribution in [2.24, 2.45) is 0 Å². The highest BCUT2D eigenvalue weighted by Crippen LogP contribution is 2.26. The van der Waals surface area contributed by atoms with Crippen molar-refractivity contribution in [3.63, 3.8) is 0 Å². The number of nitrogens with zero attached hydrogens (tertiary/aromatic N) is 2. The molecule has 0 fully saturated rings. The van der Waals surface area contributed by atoms with E-state index in [0.717, 1.165) is 5.56 Å². The second kappa shape index (κ2) is 7.13. The van der Waals surface area contributed by atoms with Gasteiger partial charge in [-0.05, 0) is 40.2 Å². The zero-order valence-electron chi connectivity index (χ0n) is 16.0. The number of carbonyl (C=O) groups excluding carboxylic acids is 1. The van der Waals surface area contributed by atoms with Gasteiger partial charge in [0, 0.05) is 18.5 Å². The van der Waals surface area contributed by atoms with E-state index in [1.807, 2.05) is 6.92 Å². The number of halogens is 1. The summed E-state index contributed by atoms with van der Waals surface area (Å²) < 4.78 is 20.7. The number of carbonyl (C=O) groups is 1. The summed E-state index contributed by atoms with van der Waals surface area (Å²) in [6, 6.07) is 4.13. The maximum Gasteiger partial charge on any atom is 0.329 e. The van der Waals surface area contributed by atoms with E-state index >= 15 is 0 Å². The van der Waals surface area contributed by atoms with Gasteiger partial charge in [0.15, 0.2) is 0 Å². The Kier molecular flexibility index (Phi) is 5.04. The van der Waals surface area contributed by atoms with Gasteiger partial charge in [-0.2, -0.15) is 0 Å². The van der Waals surface area contributed by atoms with Crippen molar-refractivity contribution < 1.29 is 13.9 Å². The zero-order valence-corrected chi connectivity index (χ0v) is 16.0. The topological polar surface area (TPSA) is 73.2 Å². The van der Waals surface area contributed by atoms with Crippen LogP contribution < -0.4 is 10.9 Å². The summed E-state index contributed by atoms with van der Waals surface area (Å²) in [5.41, 5.74) is 0.650. The minimum Gasteiger partial charge on any atom is -0.458 e. The van der Waals surface area contributed by atoms with Crippen LogP contribution in [-0.4, -0.2) is 21.1 Å². The number of hydrogen-bond acceptors (Lipinski definition) is 5. The van der Waals surface area contributed by atoms with E-state index in [1.165, 1.54) is 16.8 Å². The van der Waals surface area contributed by atoms with E-state index in [-0.39, 0.29) is 23.6 Å². The Balaban J connectivity index is 1.84. The third-order valence-corrected chi connectivity index (χ3v) is 4.37. The molecule has 1 N–H and O–H groups in total. The lowest BCUT2D eigenvalue weighted by Crippen LogP contribution is -2.34. The highest BCUT2D eigenvalue weighted by atomic mass is 19.1. The molecule has 0 amide bonds. The predicted molar refractivity (Wildman–Crippen MR) is 100 cm³/mol. The van der Waals surface area contributed by atoms with Crippen LogP contribution in [0.4, 0.5) is 10.1 Å². The molecule has 144 valence electrons. The van der Waals surface area contributed by atoms with Gasteiger partial charge in [0.05, 0.1) is 6.20 Å². The molecule has 1 atom stereocenters. The molecule has 1 aromatic carbocycles. The third-order valence-electron chi connectivity index (χ3n) is 4.37. The molecule has 0 saturated heterocycles. The summed E-state index contributed by atoms with van der Waals surface area (Å²) in [7, 11) is 0. The maximum absolute atomic E-state index is 13.9. The van der Waals surface area contributed by atoms with Gasteiger partial charge in [-0.1, -0.05) is 17.7 Å². The summed E-state index contributed by atoms with van der Waals surface area (Å²) >= 11 is 0. The molecule has 27 heavy (non-hydrogen) atoms. The van der Waals surface area contributed by atoms with Gasteiger partial charge in [0.25, 0.3) is 5.56 Å². The Labute approximate surface area is 157 Å². The molecule has 1 aliphatic rings. The van der Waals surface area contributed by atoms with Gasteiger partial charge in [-0.3, -0.25) is 9.36 Å². The Bertz CT molecular complexity index is 931. The first-order valence-corrected chi connectivity index (χ1v) is 8.98. The minimum absolute atomic E-state index is 0.154. The number of nitrogens with one attached hydrogen (secondary N) is 1. The van der Waals surface area contributed by atoms with Gasteiger partial charge in [-0.15, -0.1) is 0 Å². The highest BCUT2D eigenvalue weighted by molar-refractivity contribution is 5.75. The molecule has 2 aromatic rings. The van der Waals surface area contributed by atoms with E-state index in [0.29, 0.717) is 24.2 Å². The molecule has 3 rings (SSSR count). The predicted octanol–water partition coefficient (Wildman–Crippen LogP) is 3.13. The van der Waals surface area contributed by atoms with E-state index in [9.17, 15) is 14.0 Å². The quantitative estimate of drug-likeness (QED) is 0.834. The number of esters is 1. The van der Waals surface area contributed by atoms with Crippen LogP contribution in [0.5, 0.6) is 0 Å². The molecular formula is C20H24FN3O3. The van der Waals surface area contributed by atoms with E-state index < -0.39 is 17.6 Å². The molecule has 0 saturated carbocycles. The van der Waals surface area contributed by atoms with E-state index in [4.69, 9.17) is 4.74 Å². The summed E-state index contributed by atoms with van der Waals surface area (Å²) in [4.78, 5) is 29.6. The van der Waals surface area contributed by atoms with Gasteiger partial charge in [0.2, 0.25) is 0 Å². The van der Waals surface area contributed by atoms with Crippen molar-refractivity contribution in [1.29, 1.82) is 0 Å². The lowest BCUT2D eigenvalue weighted by Gasteiger charge is -2.23. The lowest BCUT2D eigenvalue weighted by atomic mass is 10.1. The number of benzene rings is 1. The van der Waals surface area contributed by atoms with Crippen molar-refractivity contribution in [1.82, 2.24) is 9.55 Å². The standard InChI is InChI=1S/C20H24FN3O3/c1-12-5-6-14(21)13(9-12)10-22-15-11-23-17-8-7-16(24(17)18(15)25)19(26)27-20(2,3)4/h5-6,9,11,16,22H,7-8,10H2,1-4H3/t16-/m0/s1. The maximum atomic E-state index is 13.9. The molecule has 1 aromatic heterocycles. The molecule has 0 bridgehead atoms. The normalized spacial score (nSPS) is 16.1. The smallest absolute Gasteiger partial charge is 0.329 e. The molecule has 0 spiro atoms. The van der Waals surface area contributed by atoms with Gasteiger partial charge in [-0.25, -0.2) is 14.2 Å². The van der Waals surface area contributed by atoms with Crippen LogP contribution in [0.3, 0.4) is 0 Å². The van der Waals surface area contributed by atoms with Crippen LogP contribution >= 0.6 is 0 Å². The summed E-state index contributed by atoms with van der Waals surface area (Å²) in [5.74, 6) is -0.218. The Morgan fingerprint density at radius 2 is 2.15 bits per heavy atom. The van der Waals surface area contributed by atoms with Crippen molar-refractivity contribution in [2.45, 2.75) is 58.7 Å². The molecule has 0 aliphatic carbocycles. The Morgan fingerprint density at radius 3 is 2.85 bits per heavy atom. The van der Waals surface area contributed by atoms with Gasteiger partial charge >= 0.3 is 5.97 Å². The number of fused-ring (bicyclic) bond motifs is 1. The minimum atomic E-state index is -0.684. The first-order chi connectivity index (χ1) is 12.7. The monoisotopic (exact) mass is 373 g/mol. The van der Waals surface area contributed by atoms with E-state index in [1.54, 1.807) is 32.9 Å². The largest absolute Gasteiger partial charge is 0.458 e. The molecule has 0 radical (unpaired) electrons. The van der Waals surface area contributed by atoms with Crippen LogP contribution in [0.2, 0.25) is 0 Å². The highest BCUT2D eigenvalue weighted by Gasteiger charge is 2.34. The number of anilines is 1. The fraction of sp³-hybridized carbons (Fsp3) is 0.450. The van der Waals surface area contributed by atoms with Gasteiger partial charge < -0.3 is 10.1 Å². The summed E-state index contributed by atoms with van der Waals surface area (Å²) in [5, 5.41) is 2.95. The van der Waals surface area contributed by atoms with Crippen LogP contribution in [0.15, 0.2) is 29.2 Å². The fourth-order valence-corrected chi connectivity index (χ4v) is 3.15. The number of rotatable bonds is 4. The summed E-state index contributed by atoms with van der Waals surface area (Å²) in [6.45, 7) is 7.39. The Morgan fingerprint density at radius 1 is 1.41 bits per heavy atom. The molecule has 2 heterocycles. The fourth-order valence-electron chi connectivity index (χ4n) is 3.15. The van der Waals surface area contributed by atoms with Crippen LogP contribution in [0, 0.1) is 12.7 Å². The molecular weight excluding hydrogens is 349 g/mol. The molecule has 0 unspecified atom stereocenters. The average Bonchev–Trinajstić information content (AvgIpc) is 3.00. The molecule has 1 aliphatic heterocycles. The number of hydrogen-bond donors (Lipinski definition) is 1. The van der Waals surface area contributed by atoms with Gasteiger partial charge in [0.1, 0.15) is 29.0 Å². The van der Waals surface area contributed by atoms with Crippen molar-refractivity contribution >= 4 is 11.7 Å². The Hall–Kier alpha value is -2.70. The number of aryl methyl sites for hydroxylation is 2. The molecule has 6 nitrogen and oxygen atoms in total. The van der Waals surface area contributed by atoms with Crippen molar-refractivity contribution in [3.8, 4) is 0 Å². The van der Waals surface area contributed by atoms with E-state index in [2.05, 4.69) is 10.3 Å². The first kappa shape index (κ1) is 19.1. The second-order valence-corrected chi connectivity index (χ2v) is 7.80. The van der Waals surface area contributed by atoms with Crippen LogP contribution in [0.25, 0.3) is 0 Å². The second-order valence-electron chi connectivity index (χ2n) is 7.80. The molecule has 7 heteroatoms. The summed E-state index contributed by atoms with van der Waals surface area (Å²) in [6.07, 6.45) is 2.46. The number of ether oxygens (including phenoxy) is 1. The third kappa shape index (κ3) is 4.18. The average molecular weight is 373 g/mol. The lowest BCUT2D eigenvalue weighted by molar-refractivity contribution is -0.158. The van der Waals surface area contributed by atoms with Crippen LogP contribution in [-0.2, 0) is 22.5 Å². The van der Waals surface area contributed by atoms with Crippen molar-refractivity contribution in [3.05, 3.63) is 57.5 Å². The SMILES string of the molecule is Cc1ccc(F)c(CNc2cnc3n(c2=O)[C@H](C(=O)OC(C)(C)C)CC3)c1. The zero-order chi connectivity index (χ0) is 19.8.